The summed E-state index contributed by atoms with van der Waals surface area (Å²) in [5, 5.41) is 16.2. The highest BCUT2D eigenvalue weighted by atomic mass is 16.5. The van der Waals surface area contributed by atoms with Gasteiger partial charge in [0.05, 0.1) is 11.6 Å². The second kappa shape index (κ2) is 5.50. The first kappa shape index (κ1) is 15.5. The quantitative estimate of drug-likeness (QED) is 0.391. The van der Waals surface area contributed by atoms with Gasteiger partial charge < -0.3 is 4.74 Å². The predicted octanol–water partition coefficient (Wildman–Crippen LogP) is 6.20. The van der Waals surface area contributed by atoms with Gasteiger partial charge in [-0.25, -0.2) is 0 Å². The molecule has 0 aliphatic heterocycles. The molecule has 25 heavy (non-hydrogen) atoms. The molecular weight excluding hydrogens is 306 g/mol. The summed E-state index contributed by atoms with van der Waals surface area (Å²) in [4.78, 5) is 0. The van der Waals surface area contributed by atoms with Gasteiger partial charge in [-0.2, -0.15) is 5.26 Å². The molecule has 0 aromatic heterocycles. The van der Waals surface area contributed by atoms with Crippen LogP contribution in [0.1, 0.15) is 26.3 Å². The van der Waals surface area contributed by atoms with Gasteiger partial charge >= 0.3 is 0 Å². The van der Waals surface area contributed by atoms with Crippen molar-refractivity contribution in [2.24, 2.45) is 0 Å². The zero-order valence-electron chi connectivity index (χ0n) is 14.6. The van der Waals surface area contributed by atoms with Gasteiger partial charge in [0, 0.05) is 10.8 Å². The Morgan fingerprint density at radius 2 is 1.24 bits per heavy atom. The molecule has 2 heteroatoms. The SMILES string of the molecule is CC(C)(C)Oc1ccc(C#N)c2c3ccccc3c3ccccc3c12. The van der Waals surface area contributed by atoms with Crippen LogP contribution < -0.4 is 4.74 Å². The van der Waals surface area contributed by atoms with Crippen LogP contribution in [0.4, 0.5) is 0 Å². The van der Waals surface area contributed by atoms with Crippen LogP contribution in [0.3, 0.4) is 0 Å². The van der Waals surface area contributed by atoms with Crippen molar-refractivity contribution >= 4 is 32.3 Å². The van der Waals surface area contributed by atoms with E-state index in [1.54, 1.807) is 0 Å². The first-order chi connectivity index (χ1) is 12.0. The molecule has 0 aliphatic carbocycles. The molecule has 0 atom stereocenters. The number of hydrogen-bond acceptors (Lipinski definition) is 2. The molecule has 0 N–H and O–H groups in total. The lowest BCUT2D eigenvalue weighted by Crippen LogP contribution is -2.23. The summed E-state index contributed by atoms with van der Waals surface area (Å²) in [6.45, 7) is 6.13. The minimum absolute atomic E-state index is 0.312. The smallest absolute Gasteiger partial charge is 0.128 e. The Hall–Kier alpha value is -3.05. The molecule has 0 saturated heterocycles. The monoisotopic (exact) mass is 325 g/mol. The summed E-state index contributed by atoms with van der Waals surface area (Å²) in [6.07, 6.45) is 0. The number of nitrogens with zero attached hydrogens (tertiary/aromatic N) is 1. The van der Waals surface area contributed by atoms with E-state index < -0.39 is 0 Å². The molecule has 0 aliphatic rings. The van der Waals surface area contributed by atoms with E-state index in [0.717, 1.165) is 32.7 Å². The summed E-state index contributed by atoms with van der Waals surface area (Å²) in [6, 6.07) is 22.8. The molecule has 0 unspecified atom stereocenters. The third kappa shape index (κ3) is 2.49. The second-order valence-electron chi connectivity index (χ2n) is 7.28. The predicted molar refractivity (Wildman–Crippen MR) is 104 cm³/mol. The first-order valence-electron chi connectivity index (χ1n) is 8.45. The van der Waals surface area contributed by atoms with Gasteiger partial charge in [0.15, 0.2) is 0 Å². The fourth-order valence-corrected chi connectivity index (χ4v) is 3.51. The number of hydrogen-bond donors (Lipinski definition) is 0. The Balaban J connectivity index is 2.31. The number of rotatable bonds is 1. The maximum Gasteiger partial charge on any atom is 0.128 e. The average molecular weight is 325 g/mol. The molecule has 4 aromatic carbocycles. The van der Waals surface area contributed by atoms with Crippen molar-refractivity contribution in [3.05, 3.63) is 66.2 Å². The number of ether oxygens (including phenoxy) is 1. The van der Waals surface area contributed by atoms with Gasteiger partial charge in [-0.1, -0.05) is 48.5 Å². The van der Waals surface area contributed by atoms with Crippen molar-refractivity contribution in [2.75, 3.05) is 0 Å². The van der Waals surface area contributed by atoms with E-state index in [2.05, 4.69) is 36.4 Å². The van der Waals surface area contributed by atoms with Crippen LogP contribution in [-0.2, 0) is 0 Å². The third-order valence-electron chi connectivity index (χ3n) is 4.39. The Morgan fingerprint density at radius 3 is 1.76 bits per heavy atom. The first-order valence-corrected chi connectivity index (χ1v) is 8.45. The van der Waals surface area contributed by atoms with E-state index in [4.69, 9.17) is 4.74 Å². The molecule has 0 bridgehead atoms. The van der Waals surface area contributed by atoms with Gasteiger partial charge in [0.25, 0.3) is 0 Å². The van der Waals surface area contributed by atoms with E-state index in [9.17, 15) is 5.26 Å². The zero-order valence-corrected chi connectivity index (χ0v) is 14.6. The van der Waals surface area contributed by atoms with Crippen molar-refractivity contribution in [1.82, 2.24) is 0 Å². The summed E-state index contributed by atoms with van der Waals surface area (Å²) in [5.41, 5.74) is 0.367. The van der Waals surface area contributed by atoms with Crippen molar-refractivity contribution in [3.63, 3.8) is 0 Å². The van der Waals surface area contributed by atoms with Crippen LogP contribution in [-0.4, -0.2) is 5.60 Å². The fraction of sp³-hybridized carbons (Fsp3) is 0.174. The number of benzene rings is 4. The minimum Gasteiger partial charge on any atom is -0.487 e. The maximum absolute atomic E-state index is 9.70. The molecule has 0 radical (unpaired) electrons. The van der Waals surface area contributed by atoms with Gasteiger partial charge in [-0.05, 0) is 54.4 Å². The van der Waals surface area contributed by atoms with Crippen LogP contribution in [0.25, 0.3) is 32.3 Å². The standard InChI is InChI=1S/C23H19NO/c1-23(2,3)25-20-13-12-15(14-24)21-18-10-6-4-8-16(18)17-9-5-7-11-19(17)22(20)21/h4-13H,1-3H3. The Morgan fingerprint density at radius 1 is 0.720 bits per heavy atom. The normalized spacial score (nSPS) is 11.8. The third-order valence-corrected chi connectivity index (χ3v) is 4.39. The summed E-state index contributed by atoms with van der Waals surface area (Å²) in [7, 11) is 0. The topological polar surface area (TPSA) is 33.0 Å². The maximum atomic E-state index is 9.70. The molecule has 0 heterocycles. The molecular formula is C23H19NO. The van der Waals surface area contributed by atoms with Crippen molar-refractivity contribution in [3.8, 4) is 11.8 Å². The highest BCUT2D eigenvalue weighted by Gasteiger charge is 2.19. The Labute approximate surface area is 147 Å². The van der Waals surface area contributed by atoms with Crippen molar-refractivity contribution < 1.29 is 4.74 Å². The van der Waals surface area contributed by atoms with Crippen LogP contribution in [0.5, 0.6) is 5.75 Å². The average Bonchev–Trinajstić information content (AvgIpc) is 2.60. The largest absolute Gasteiger partial charge is 0.487 e. The molecule has 0 saturated carbocycles. The highest BCUT2D eigenvalue weighted by Crippen LogP contribution is 2.41. The zero-order chi connectivity index (χ0) is 17.6. The lowest BCUT2D eigenvalue weighted by atomic mass is 9.91. The number of fused-ring (bicyclic) bond motifs is 6. The summed E-state index contributed by atoms with van der Waals surface area (Å²) >= 11 is 0. The van der Waals surface area contributed by atoms with E-state index in [1.165, 1.54) is 5.39 Å². The molecule has 0 spiro atoms. The lowest BCUT2D eigenvalue weighted by Gasteiger charge is -2.24. The van der Waals surface area contributed by atoms with Gasteiger partial charge in [0.2, 0.25) is 0 Å². The van der Waals surface area contributed by atoms with Crippen molar-refractivity contribution in [1.29, 1.82) is 5.26 Å². The van der Waals surface area contributed by atoms with E-state index in [0.29, 0.717) is 5.56 Å². The van der Waals surface area contributed by atoms with Crippen molar-refractivity contribution in [2.45, 2.75) is 26.4 Å². The van der Waals surface area contributed by atoms with Crippen LogP contribution in [0, 0.1) is 11.3 Å². The molecule has 4 aromatic rings. The van der Waals surface area contributed by atoms with Gasteiger partial charge in [0.1, 0.15) is 11.4 Å². The second-order valence-corrected chi connectivity index (χ2v) is 7.28. The summed E-state index contributed by atoms with van der Waals surface area (Å²) < 4.78 is 6.26. The minimum atomic E-state index is -0.312. The van der Waals surface area contributed by atoms with Crippen LogP contribution in [0.15, 0.2) is 60.7 Å². The Kier molecular flexibility index (Phi) is 3.40. The van der Waals surface area contributed by atoms with E-state index in [-0.39, 0.29) is 5.60 Å². The molecule has 4 rings (SSSR count). The molecule has 2 nitrogen and oxygen atoms in total. The van der Waals surface area contributed by atoms with Gasteiger partial charge in [-0.3, -0.25) is 0 Å². The molecule has 0 fully saturated rings. The Bertz CT molecular complexity index is 1160. The van der Waals surface area contributed by atoms with E-state index in [1.807, 2.05) is 51.1 Å². The fourth-order valence-electron chi connectivity index (χ4n) is 3.51. The van der Waals surface area contributed by atoms with Crippen LogP contribution >= 0.6 is 0 Å². The number of nitriles is 1. The molecule has 0 amide bonds. The lowest BCUT2D eigenvalue weighted by molar-refractivity contribution is 0.133. The highest BCUT2D eigenvalue weighted by molar-refractivity contribution is 6.28. The van der Waals surface area contributed by atoms with E-state index >= 15 is 0 Å². The summed E-state index contributed by atoms with van der Waals surface area (Å²) in [5.74, 6) is 0.823. The molecule has 122 valence electrons. The van der Waals surface area contributed by atoms with Crippen LogP contribution in [0.2, 0.25) is 0 Å². The van der Waals surface area contributed by atoms with Gasteiger partial charge in [-0.15, -0.1) is 0 Å².